The summed E-state index contributed by atoms with van der Waals surface area (Å²) in [7, 11) is 0. The number of nitrogens with one attached hydrogen (secondary N) is 2. The van der Waals surface area contributed by atoms with Crippen molar-refractivity contribution in [2.75, 3.05) is 6.61 Å². The zero-order chi connectivity index (χ0) is 19.8. The molecule has 0 spiro atoms. The van der Waals surface area contributed by atoms with Crippen molar-refractivity contribution in [1.29, 1.82) is 0 Å². The van der Waals surface area contributed by atoms with E-state index in [1.165, 1.54) is 17.7 Å². The Hall–Kier alpha value is -2.82. The molecule has 0 atom stereocenters. The van der Waals surface area contributed by atoms with Gasteiger partial charge in [0.1, 0.15) is 0 Å². The average molecular weight is 368 g/mol. The number of hydrogen-bond acceptors (Lipinski definition) is 3. The Balaban J connectivity index is 1.87. The lowest BCUT2D eigenvalue weighted by atomic mass is 10.0. The van der Waals surface area contributed by atoms with Crippen molar-refractivity contribution in [1.82, 2.24) is 10.3 Å². The predicted molar refractivity (Wildman–Crippen MR) is 109 cm³/mol. The summed E-state index contributed by atoms with van der Waals surface area (Å²) in [6.07, 6.45) is 4.80. The number of carbonyl (C=O) groups is 1. The van der Waals surface area contributed by atoms with E-state index >= 15 is 0 Å². The van der Waals surface area contributed by atoms with Crippen LogP contribution in [0, 0.1) is 5.92 Å². The van der Waals surface area contributed by atoms with Gasteiger partial charge in [0.15, 0.2) is 5.75 Å². The van der Waals surface area contributed by atoms with Crippen LogP contribution in [0.4, 0.5) is 0 Å². The summed E-state index contributed by atoms with van der Waals surface area (Å²) in [6, 6.07) is 9.56. The van der Waals surface area contributed by atoms with E-state index in [2.05, 4.69) is 36.3 Å². The zero-order valence-corrected chi connectivity index (χ0v) is 16.4. The van der Waals surface area contributed by atoms with Crippen molar-refractivity contribution in [2.45, 2.75) is 40.2 Å². The van der Waals surface area contributed by atoms with E-state index in [0.717, 1.165) is 5.56 Å². The Morgan fingerprint density at radius 3 is 2.48 bits per heavy atom. The molecule has 1 heterocycles. The van der Waals surface area contributed by atoms with E-state index < -0.39 is 0 Å². The number of amides is 1. The highest BCUT2D eigenvalue weighted by molar-refractivity contribution is 5.91. The van der Waals surface area contributed by atoms with Gasteiger partial charge in [0.2, 0.25) is 11.3 Å². The van der Waals surface area contributed by atoms with Crippen LogP contribution in [0.15, 0.2) is 47.4 Å². The zero-order valence-electron chi connectivity index (χ0n) is 16.4. The third-order valence-corrected chi connectivity index (χ3v) is 3.99. The summed E-state index contributed by atoms with van der Waals surface area (Å²) in [5.41, 5.74) is 2.66. The van der Waals surface area contributed by atoms with Gasteiger partial charge in [-0.05, 0) is 29.0 Å². The van der Waals surface area contributed by atoms with E-state index in [9.17, 15) is 9.59 Å². The first-order valence-electron chi connectivity index (χ1n) is 9.25. The van der Waals surface area contributed by atoms with Crippen LogP contribution in [-0.4, -0.2) is 17.5 Å². The van der Waals surface area contributed by atoms with Gasteiger partial charge in [-0.2, -0.15) is 0 Å². The largest absolute Gasteiger partial charge is 0.488 e. The molecule has 0 bridgehead atoms. The lowest BCUT2D eigenvalue weighted by molar-refractivity contribution is -0.116. The lowest BCUT2D eigenvalue weighted by Gasteiger charge is -2.09. The van der Waals surface area contributed by atoms with Gasteiger partial charge < -0.3 is 15.0 Å². The van der Waals surface area contributed by atoms with Crippen LogP contribution < -0.4 is 15.5 Å². The van der Waals surface area contributed by atoms with E-state index in [1.807, 2.05) is 26.0 Å². The minimum atomic E-state index is -0.219. The van der Waals surface area contributed by atoms with E-state index in [4.69, 9.17) is 4.74 Å². The first-order valence-corrected chi connectivity index (χ1v) is 9.25. The van der Waals surface area contributed by atoms with Crippen LogP contribution in [-0.2, 0) is 11.3 Å². The van der Waals surface area contributed by atoms with Crippen molar-refractivity contribution in [3.8, 4) is 5.75 Å². The molecule has 2 rings (SSSR count). The number of aromatic amines is 1. The monoisotopic (exact) mass is 368 g/mol. The van der Waals surface area contributed by atoms with Gasteiger partial charge >= 0.3 is 0 Å². The first-order chi connectivity index (χ1) is 12.8. The quantitative estimate of drug-likeness (QED) is 0.695. The number of rotatable bonds is 8. The number of pyridine rings is 1. The molecular weight excluding hydrogens is 340 g/mol. The second-order valence-electron chi connectivity index (χ2n) is 7.26. The maximum absolute atomic E-state index is 12.0. The number of carbonyl (C=O) groups excluding carboxylic acids is 1. The molecule has 0 radical (unpaired) electrons. The van der Waals surface area contributed by atoms with Crippen LogP contribution in [0.25, 0.3) is 6.08 Å². The van der Waals surface area contributed by atoms with Gasteiger partial charge in [0.05, 0.1) is 13.2 Å². The van der Waals surface area contributed by atoms with Crippen LogP contribution in [0.3, 0.4) is 0 Å². The maximum Gasteiger partial charge on any atom is 0.244 e. The molecule has 0 aliphatic heterocycles. The molecule has 144 valence electrons. The molecule has 2 N–H and O–H groups in total. The molecule has 2 aromatic rings. The second kappa shape index (κ2) is 9.76. The van der Waals surface area contributed by atoms with Crippen molar-refractivity contribution < 1.29 is 9.53 Å². The number of ether oxygens (including phenoxy) is 1. The number of H-pyrrole nitrogens is 1. The van der Waals surface area contributed by atoms with Crippen molar-refractivity contribution in [3.63, 3.8) is 0 Å². The third-order valence-electron chi connectivity index (χ3n) is 3.99. The molecule has 27 heavy (non-hydrogen) atoms. The highest BCUT2D eigenvalue weighted by Gasteiger charge is 2.05. The van der Waals surface area contributed by atoms with Gasteiger partial charge in [0, 0.05) is 24.0 Å². The highest BCUT2D eigenvalue weighted by atomic mass is 16.5. The van der Waals surface area contributed by atoms with Crippen LogP contribution in [0.2, 0.25) is 0 Å². The number of hydrogen-bond donors (Lipinski definition) is 2. The molecular formula is C22H28N2O3. The van der Waals surface area contributed by atoms with Crippen molar-refractivity contribution in [2.24, 2.45) is 5.92 Å². The Bertz CT molecular complexity index is 833. The second-order valence-corrected chi connectivity index (χ2v) is 7.26. The Labute approximate surface area is 160 Å². The maximum atomic E-state index is 12.0. The Kier molecular flexibility index (Phi) is 7.41. The summed E-state index contributed by atoms with van der Waals surface area (Å²) in [6.45, 7) is 9.06. The van der Waals surface area contributed by atoms with E-state index in [0.29, 0.717) is 29.9 Å². The summed E-state index contributed by atoms with van der Waals surface area (Å²) in [4.78, 5) is 27.0. The summed E-state index contributed by atoms with van der Waals surface area (Å²) >= 11 is 0. The topological polar surface area (TPSA) is 71.2 Å². The van der Waals surface area contributed by atoms with Crippen LogP contribution in [0.5, 0.6) is 5.75 Å². The fourth-order valence-electron chi connectivity index (χ4n) is 2.38. The average Bonchev–Trinajstić information content (AvgIpc) is 2.64. The predicted octanol–water partition coefficient (Wildman–Crippen LogP) is 3.86. The van der Waals surface area contributed by atoms with Gasteiger partial charge in [0.25, 0.3) is 0 Å². The summed E-state index contributed by atoms with van der Waals surface area (Å²) in [5, 5.41) is 2.76. The minimum absolute atomic E-state index is 0.195. The van der Waals surface area contributed by atoms with Crippen LogP contribution >= 0.6 is 0 Å². The van der Waals surface area contributed by atoms with Gasteiger partial charge in [-0.1, -0.05) is 52.0 Å². The molecule has 0 aliphatic rings. The Morgan fingerprint density at radius 2 is 1.89 bits per heavy atom. The van der Waals surface area contributed by atoms with Gasteiger partial charge in [-0.25, -0.2) is 0 Å². The van der Waals surface area contributed by atoms with E-state index in [-0.39, 0.29) is 17.9 Å². The highest BCUT2D eigenvalue weighted by Crippen LogP contribution is 2.15. The molecule has 5 heteroatoms. The first kappa shape index (κ1) is 20.5. The minimum Gasteiger partial charge on any atom is -0.488 e. The normalized spacial score (nSPS) is 11.3. The Morgan fingerprint density at radius 1 is 1.19 bits per heavy atom. The number of benzene rings is 1. The van der Waals surface area contributed by atoms with Crippen molar-refractivity contribution >= 4 is 12.0 Å². The molecule has 0 saturated heterocycles. The lowest BCUT2D eigenvalue weighted by Crippen LogP contribution is -2.22. The smallest absolute Gasteiger partial charge is 0.244 e. The fourth-order valence-corrected chi connectivity index (χ4v) is 2.38. The number of aromatic nitrogens is 1. The van der Waals surface area contributed by atoms with E-state index in [1.54, 1.807) is 12.3 Å². The SMILES string of the molecule is CC(C)COc1c[nH]c(CNC(=O)/C=C/c2ccc(C(C)C)cc2)cc1=O. The third kappa shape index (κ3) is 6.77. The molecule has 5 nitrogen and oxygen atoms in total. The summed E-state index contributed by atoms with van der Waals surface area (Å²) < 4.78 is 5.45. The molecule has 0 fully saturated rings. The molecule has 1 aromatic heterocycles. The summed E-state index contributed by atoms with van der Waals surface area (Å²) in [5.74, 6) is 0.903. The molecule has 0 unspecified atom stereocenters. The van der Waals surface area contributed by atoms with Crippen LogP contribution in [0.1, 0.15) is 50.4 Å². The van der Waals surface area contributed by atoms with Gasteiger partial charge in [-0.15, -0.1) is 0 Å². The van der Waals surface area contributed by atoms with Crippen molar-refractivity contribution in [3.05, 3.63) is 69.6 Å². The molecule has 1 amide bonds. The molecule has 0 saturated carbocycles. The standard InChI is InChI=1S/C22H28N2O3/c1-15(2)14-27-21-13-23-19(11-20(21)25)12-24-22(26)10-7-17-5-8-18(9-6-17)16(3)4/h5-11,13,15-16H,12,14H2,1-4H3,(H,23,25)(H,24,26)/b10-7+. The fraction of sp³-hybridized carbons (Fsp3) is 0.364. The molecule has 0 aliphatic carbocycles. The molecule has 1 aromatic carbocycles. The van der Waals surface area contributed by atoms with Gasteiger partial charge in [-0.3, -0.25) is 9.59 Å².